The van der Waals surface area contributed by atoms with E-state index in [0.29, 0.717) is 12.0 Å². The Bertz CT molecular complexity index is 555. The number of halogens is 3. The van der Waals surface area contributed by atoms with E-state index in [0.717, 1.165) is 10.6 Å². The van der Waals surface area contributed by atoms with Gasteiger partial charge < -0.3 is 5.11 Å². The molecular weight excluding hydrogens is 309 g/mol. The molecule has 2 atom stereocenters. The number of aliphatic hydroxyl groups is 1. The Kier molecular flexibility index (Phi) is 5.31. The molecule has 23 heavy (non-hydrogen) atoms. The molecule has 0 saturated heterocycles. The maximum Gasteiger partial charge on any atom is 0.437 e. The van der Waals surface area contributed by atoms with Crippen molar-refractivity contribution < 1.29 is 23.1 Å². The summed E-state index contributed by atoms with van der Waals surface area (Å²) in [6.07, 6.45) is -6.34. The minimum absolute atomic E-state index is 0.104. The van der Waals surface area contributed by atoms with E-state index in [1.165, 1.54) is 0 Å². The second kappa shape index (κ2) is 6.88. The van der Waals surface area contributed by atoms with Gasteiger partial charge in [0.25, 0.3) is 6.23 Å². The molecule has 0 spiro atoms. The van der Waals surface area contributed by atoms with Crippen LogP contribution < -0.4 is 0 Å². The summed E-state index contributed by atoms with van der Waals surface area (Å²) in [5, 5.41) is 10.7. The lowest BCUT2D eigenvalue weighted by molar-refractivity contribution is -0.271. The third-order valence-electron chi connectivity index (χ3n) is 3.54. The van der Waals surface area contributed by atoms with Crippen molar-refractivity contribution in [3.63, 3.8) is 0 Å². The number of aryl methyl sites for hydroxylation is 1. The van der Waals surface area contributed by atoms with Crippen molar-refractivity contribution >= 4 is 5.84 Å². The fraction of sp³-hybridized carbons (Fsp3) is 0.562. The molecule has 0 saturated carbocycles. The van der Waals surface area contributed by atoms with E-state index < -0.39 is 18.4 Å². The monoisotopic (exact) mass is 330 g/mol. The van der Waals surface area contributed by atoms with E-state index >= 15 is 0 Å². The SMILES string of the molecule is Cc1ccc(C2=NC(C(F)(F)F)ON2C(CO)CC(C)C)cc1. The first kappa shape index (κ1) is 17.7. The molecule has 1 heterocycles. The minimum atomic E-state index is -4.59. The summed E-state index contributed by atoms with van der Waals surface area (Å²) in [6, 6.07) is 6.42. The molecule has 4 nitrogen and oxygen atoms in total. The molecule has 1 aromatic rings. The predicted octanol–water partition coefficient (Wildman–Crippen LogP) is 3.28. The van der Waals surface area contributed by atoms with Gasteiger partial charge in [0, 0.05) is 5.56 Å². The van der Waals surface area contributed by atoms with Gasteiger partial charge in [0.2, 0.25) is 0 Å². The highest BCUT2D eigenvalue weighted by Crippen LogP contribution is 2.32. The minimum Gasteiger partial charge on any atom is -0.394 e. The maximum absolute atomic E-state index is 13.0. The van der Waals surface area contributed by atoms with Crippen LogP contribution in [0.2, 0.25) is 0 Å². The van der Waals surface area contributed by atoms with E-state index in [1.807, 2.05) is 20.8 Å². The Hall–Kier alpha value is -1.60. The Morgan fingerprint density at radius 3 is 2.35 bits per heavy atom. The van der Waals surface area contributed by atoms with Crippen LogP contribution in [0.4, 0.5) is 13.2 Å². The van der Waals surface area contributed by atoms with Crippen molar-refractivity contribution in [3.05, 3.63) is 35.4 Å². The third kappa shape index (κ3) is 4.23. The number of nitrogens with zero attached hydrogens (tertiary/aromatic N) is 2. The van der Waals surface area contributed by atoms with Crippen LogP contribution in [0.25, 0.3) is 0 Å². The average Bonchev–Trinajstić information content (AvgIpc) is 2.90. The van der Waals surface area contributed by atoms with Gasteiger partial charge in [-0.3, -0.25) is 0 Å². The van der Waals surface area contributed by atoms with E-state index in [1.54, 1.807) is 24.3 Å². The molecular formula is C16H21F3N2O2. The molecule has 1 aliphatic rings. The van der Waals surface area contributed by atoms with Crippen molar-refractivity contribution in [3.8, 4) is 0 Å². The van der Waals surface area contributed by atoms with Gasteiger partial charge in [0.1, 0.15) is 0 Å². The van der Waals surface area contributed by atoms with E-state index in [2.05, 4.69) is 4.99 Å². The number of benzene rings is 1. The molecule has 0 bridgehead atoms. The second-order valence-corrected chi connectivity index (χ2v) is 6.11. The summed E-state index contributed by atoms with van der Waals surface area (Å²) in [6.45, 7) is 5.45. The standard InChI is InChI=1S/C16H21F3N2O2/c1-10(2)8-13(9-22)21-14(12-6-4-11(3)5-7-12)20-15(23-21)16(17,18)19/h4-7,10,13,15,22H,8-9H2,1-3H3. The molecule has 0 aliphatic carbocycles. The van der Waals surface area contributed by atoms with Crippen molar-refractivity contribution in [1.29, 1.82) is 0 Å². The number of amidine groups is 1. The lowest BCUT2D eigenvalue weighted by Gasteiger charge is -2.29. The van der Waals surface area contributed by atoms with Gasteiger partial charge in [0.15, 0.2) is 5.84 Å². The Labute approximate surface area is 133 Å². The molecule has 0 aromatic heterocycles. The van der Waals surface area contributed by atoms with Gasteiger partial charge in [-0.25, -0.2) is 14.9 Å². The molecule has 1 N–H and O–H groups in total. The molecule has 7 heteroatoms. The van der Waals surface area contributed by atoms with Crippen molar-refractivity contribution in [2.75, 3.05) is 6.61 Å². The van der Waals surface area contributed by atoms with Gasteiger partial charge >= 0.3 is 6.18 Å². The quantitative estimate of drug-likeness (QED) is 0.901. The number of rotatable bonds is 5. The van der Waals surface area contributed by atoms with E-state index in [9.17, 15) is 18.3 Å². The summed E-state index contributed by atoms with van der Waals surface area (Å²) in [5.74, 6) is 0.298. The highest BCUT2D eigenvalue weighted by Gasteiger charge is 2.48. The number of hydrogen-bond donors (Lipinski definition) is 1. The molecule has 128 valence electrons. The molecule has 0 amide bonds. The van der Waals surface area contributed by atoms with Gasteiger partial charge in [-0.15, -0.1) is 0 Å². The molecule has 0 fully saturated rings. The first-order valence-electron chi connectivity index (χ1n) is 7.50. The number of hydroxylamine groups is 2. The third-order valence-corrected chi connectivity index (χ3v) is 3.54. The zero-order valence-electron chi connectivity index (χ0n) is 13.3. The van der Waals surface area contributed by atoms with Crippen LogP contribution in [0, 0.1) is 12.8 Å². The second-order valence-electron chi connectivity index (χ2n) is 6.11. The van der Waals surface area contributed by atoms with Gasteiger partial charge in [-0.05, 0) is 19.3 Å². The van der Waals surface area contributed by atoms with Crippen LogP contribution in [-0.2, 0) is 4.84 Å². The number of hydrogen-bond acceptors (Lipinski definition) is 4. The molecule has 1 aliphatic heterocycles. The van der Waals surface area contributed by atoms with Crippen LogP contribution in [-0.4, -0.2) is 41.1 Å². The smallest absolute Gasteiger partial charge is 0.394 e. The summed E-state index contributed by atoms with van der Waals surface area (Å²) in [5.41, 5.74) is 1.53. The van der Waals surface area contributed by atoms with E-state index in [4.69, 9.17) is 4.84 Å². The summed E-state index contributed by atoms with van der Waals surface area (Å²) >= 11 is 0. The topological polar surface area (TPSA) is 45.1 Å². The lowest BCUT2D eigenvalue weighted by atomic mass is 10.0. The van der Waals surface area contributed by atoms with Crippen LogP contribution >= 0.6 is 0 Å². The van der Waals surface area contributed by atoms with Crippen molar-refractivity contribution in [1.82, 2.24) is 5.06 Å². The Morgan fingerprint density at radius 2 is 1.87 bits per heavy atom. The Morgan fingerprint density at radius 1 is 1.26 bits per heavy atom. The fourth-order valence-corrected chi connectivity index (χ4v) is 2.43. The molecule has 0 radical (unpaired) electrons. The van der Waals surface area contributed by atoms with Crippen LogP contribution in [0.5, 0.6) is 0 Å². The van der Waals surface area contributed by atoms with Crippen molar-refractivity contribution in [2.24, 2.45) is 10.9 Å². The summed E-state index contributed by atoms with van der Waals surface area (Å²) < 4.78 is 39.0. The van der Waals surface area contributed by atoms with Crippen molar-refractivity contribution in [2.45, 2.75) is 45.6 Å². The highest BCUT2D eigenvalue weighted by molar-refractivity contribution is 5.99. The highest BCUT2D eigenvalue weighted by atomic mass is 19.4. The van der Waals surface area contributed by atoms with Crippen LogP contribution in [0.1, 0.15) is 31.4 Å². The molecule has 2 unspecified atom stereocenters. The van der Waals surface area contributed by atoms with Crippen LogP contribution in [0.15, 0.2) is 29.3 Å². The molecule has 1 aromatic carbocycles. The summed E-state index contributed by atoms with van der Waals surface area (Å²) in [4.78, 5) is 8.72. The number of aliphatic imine (C=N–C) groups is 1. The van der Waals surface area contributed by atoms with E-state index in [-0.39, 0.29) is 18.4 Å². The first-order valence-corrected chi connectivity index (χ1v) is 7.50. The summed E-state index contributed by atoms with van der Waals surface area (Å²) in [7, 11) is 0. The predicted molar refractivity (Wildman–Crippen MR) is 80.8 cm³/mol. The number of aliphatic hydroxyl groups excluding tert-OH is 1. The maximum atomic E-state index is 13.0. The van der Waals surface area contributed by atoms with Crippen LogP contribution in [0.3, 0.4) is 0 Å². The fourth-order valence-electron chi connectivity index (χ4n) is 2.43. The normalized spacial score (nSPS) is 20.1. The largest absolute Gasteiger partial charge is 0.437 e. The number of alkyl halides is 3. The zero-order valence-corrected chi connectivity index (χ0v) is 13.3. The zero-order chi connectivity index (χ0) is 17.2. The Balaban J connectivity index is 2.35. The first-order chi connectivity index (χ1) is 10.7. The van der Waals surface area contributed by atoms with Gasteiger partial charge in [-0.1, -0.05) is 43.7 Å². The molecule has 2 rings (SSSR count). The van der Waals surface area contributed by atoms with Gasteiger partial charge in [0.05, 0.1) is 12.6 Å². The van der Waals surface area contributed by atoms with Gasteiger partial charge in [-0.2, -0.15) is 13.2 Å². The average molecular weight is 330 g/mol. The lowest BCUT2D eigenvalue weighted by Crippen LogP contribution is -2.42.